The van der Waals surface area contributed by atoms with Crippen LogP contribution in [0.4, 0.5) is 4.39 Å². The monoisotopic (exact) mass is 526 g/mol. The quantitative estimate of drug-likeness (QED) is 0.494. The van der Waals surface area contributed by atoms with Crippen LogP contribution in [-0.2, 0) is 18.5 Å². The van der Waals surface area contributed by atoms with Crippen LogP contribution in [0.2, 0.25) is 0 Å². The molecule has 202 valence electrons. The third-order valence-electron chi connectivity index (χ3n) is 9.22. The van der Waals surface area contributed by atoms with Crippen LogP contribution in [0.5, 0.6) is 0 Å². The fourth-order valence-electron chi connectivity index (χ4n) is 6.34. The highest BCUT2D eigenvalue weighted by Gasteiger charge is 2.38. The molecular formula is C32H37FN5O+. The van der Waals surface area contributed by atoms with Gasteiger partial charge in [0, 0.05) is 68.2 Å². The molecular weight excluding hydrogens is 489 g/mol. The number of benzene rings is 2. The van der Waals surface area contributed by atoms with E-state index in [0.29, 0.717) is 35.7 Å². The number of amides is 1. The zero-order valence-corrected chi connectivity index (χ0v) is 23.0. The number of hydrogen-bond acceptors (Lipinski definition) is 3. The molecule has 1 saturated heterocycles. The van der Waals surface area contributed by atoms with Gasteiger partial charge < -0.3 is 9.80 Å². The fourth-order valence-corrected chi connectivity index (χ4v) is 6.34. The number of aromatic nitrogens is 2. The minimum absolute atomic E-state index is 0.0221. The van der Waals surface area contributed by atoms with Gasteiger partial charge in [-0.3, -0.25) is 4.79 Å². The van der Waals surface area contributed by atoms with E-state index in [4.69, 9.17) is 5.26 Å². The Hall–Kier alpha value is -3.50. The second-order valence-corrected chi connectivity index (χ2v) is 11.7. The van der Waals surface area contributed by atoms with E-state index in [9.17, 15) is 4.79 Å². The maximum absolute atomic E-state index is 15.9. The molecule has 1 amide bonds. The maximum atomic E-state index is 15.9. The lowest BCUT2D eigenvalue weighted by molar-refractivity contribution is -0.656. The topological polar surface area (TPSA) is 67.0 Å². The highest BCUT2D eigenvalue weighted by molar-refractivity contribution is 5.96. The molecule has 1 saturated carbocycles. The summed E-state index contributed by atoms with van der Waals surface area (Å²) in [5.41, 5.74) is 6.35. The number of nitrogens with zero attached hydrogens (tertiary/aromatic N) is 4. The van der Waals surface area contributed by atoms with Crippen LogP contribution < -0.4 is 4.68 Å². The van der Waals surface area contributed by atoms with Gasteiger partial charge in [-0.25, -0.2) is 4.39 Å². The summed E-state index contributed by atoms with van der Waals surface area (Å²) in [6, 6.07) is 13.1. The Morgan fingerprint density at radius 2 is 1.82 bits per heavy atom. The summed E-state index contributed by atoms with van der Waals surface area (Å²) in [6.07, 6.45) is 8.37. The molecule has 1 N–H and O–H groups in total. The lowest BCUT2D eigenvalue weighted by atomic mass is 9.78. The normalized spacial score (nSPS) is 19.6. The van der Waals surface area contributed by atoms with Gasteiger partial charge in [0.2, 0.25) is 11.9 Å². The number of carbonyl (C=O) groups is 1. The first-order chi connectivity index (χ1) is 18.8. The van der Waals surface area contributed by atoms with Crippen molar-refractivity contribution in [2.75, 3.05) is 33.2 Å². The second kappa shape index (κ2) is 10.2. The highest BCUT2D eigenvalue weighted by atomic mass is 19.1. The Morgan fingerprint density at radius 1 is 1.10 bits per heavy atom. The molecule has 0 bridgehead atoms. The molecule has 2 aromatic carbocycles. The summed E-state index contributed by atoms with van der Waals surface area (Å²) in [7, 11) is 2.17. The molecule has 39 heavy (non-hydrogen) atoms. The molecule has 2 aliphatic heterocycles. The summed E-state index contributed by atoms with van der Waals surface area (Å²) >= 11 is 0. The molecule has 6 nitrogen and oxygen atoms in total. The predicted molar refractivity (Wildman–Crippen MR) is 148 cm³/mol. The maximum Gasteiger partial charge on any atom is 0.254 e. The van der Waals surface area contributed by atoms with Crippen molar-refractivity contribution < 1.29 is 13.9 Å². The van der Waals surface area contributed by atoms with Crippen LogP contribution in [0.25, 0.3) is 5.69 Å². The van der Waals surface area contributed by atoms with Gasteiger partial charge >= 0.3 is 0 Å². The first-order valence-electron chi connectivity index (χ1n) is 14.3. The van der Waals surface area contributed by atoms with E-state index < -0.39 is 5.67 Å². The molecule has 0 radical (unpaired) electrons. The highest BCUT2D eigenvalue weighted by Crippen LogP contribution is 2.40. The number of nitrogens with one attached hydrogen (secondary N) is 1. The van der Waals surface area contributed by atoms with E-state index in [0.717, 1.165) is 37.2 Å². The minimum Gasteiger partial charge on any atom is -0.338 e. The van der Waals surface area contributed by atoms with Crippen LogP contribution in [-0.4, -0.2) is 54.0 Å². The number of likely N-dealkylation sites (N-methyl/N-ethyl adjacent to an activating group) is 1. The van der Waals surface area contributed by atoms with Crippen molar-refractivity contribution in [1.82, 2.24) is 14.9 Å². The molecule has 0 spiro atoms. The van der Waals surface area contributed by atoms with Gasteiger partial charge in [-0.15, -0.1) is 0 Å². The number of halogens is 1. The van der Waals surface area contributed by atoms with Gasteiger partial charge in [0.15, 0.2) is 0 Å². The number of rotatable bonds is 4. The van der Waals surface area contributed by atoms with Crippen LogP contribution in [0.3, 0.4) is 0 Å². The summed E-state index contributed by atoms with van der Waals surface area (Å²) in [5, 5.41) is 12.7. The van der Waals surface area contributed by atoms with Gasteiger partial charge in [0.05, 0.1) is 17.3 Å². The smallest absolute Gasteiger partial charge is 0.254 e. The average molecular weight is 527 g/mol. The van der Waals surface area contributed by atoms with Gasteiger partial charge in [-0.1, -0.05) is 23.2 Å². The molecule has 3 aromatic rings. The Bertz CT molecular complexity index is 1400. The third-order valence-corrected chi connectivity index (χ3v) is 9.22. The zero-order valence-electron chi connectivity index (χ0n) is 23.0. The number of aryl methyl sites for hydroxylation is 1. The average Bonchev–Trinajstić information content (AvgIpc) is 3.24. The zero-order chi connectivity index (χ0) is 27.1. The Balaban J connectivity index is 1.26. The summed E-state index contributed by atoms with van der Waals surface area (Å²) in [5.74, 6) is 0.505. The van der Waals surface area contributed by atoms with E-state index >= 15 is 4.39 Å². The second-order valence-electron chi connectivity index (χ2n) is 11.7. The Morgan fingerprint density at radius 3 is 2.49 bits per heavy atom. The number of aromatic amines is 1. The van der Waals surface area contributed by atoms with Crippen LogP contribution in [0, 0.1) is 18.3 Å². The number of H-pyrrole nitrogens is 1. The molecule has 7 heteroatoms. The molecule has 1 aromatic heterocycles. The van der Waals surface area contributed by atoms with E-state index in [2.05, 4.69) is 46.1 Å². The fraction of sp³-hybridized carbons (Fsp3) is 0.469. The lowest BCUT2D eigenvalue weighted by Gasteiger charge is -2.37. The summed E-state index contributed by atoms with van der Waals surface area (Å²) < 4.78 is 18.0. The molecule has 3 aliphatic rings. The SMILES string of the molecule is Cc1cc(C2CCC2)c(-[n+]2cc3c([nH]2)CCN(C)CC3)cc1C(=O)N1CCC(F)(c2ccc(C#N)cc2)CC1. The van der Waals surface area contributed by atoms with E-state index in [1.165, 1.54) is 36.1 Å². The minimum atomic E-state index is -1.48. The van der Waals surface area contributed by atoms with E-state index in [-0.39, 0.29) is 18.7 Å². The molecule has 1 aliphatic carbocycles. The third kappa shape index (κ3) is 4.87. The van der Waals surface area contributed by atoms with Crippen molar-refractivity contribution in [1.29, 1.82) is 5.26 Å². The van der Waals surface area contributed by atoms with Gasteiger partial charge in [-0.2, -0.15) is 10.4 Å². The van der Waals surface area contributed by atoms with Gasteiger partial charge in [-0.05, 0) is 68.5 Å². The Labute approximate surface area is 230 Å². The van der Waals surface area contributed by atoms with Crippen LogP contribution in [0.1, 0.15) is 81.9 Å². The number of fused-ring (bicyclic) bond motifs is 1. The Kier molecular flexibility index (Phi) is 6.76. The van der Waals surface area contributed by atoms with Crippen molar-refractivity contribution >= 4 is 5.91 Å². The first kappa shape index (κ1) is 25.8. The van der Waals surface area contributed by atoms with Gasteiger partial charge in [0.1, 0.15) is 5.67 Å². The van der Waals surface area contributed by atoms with Crippen molar-refractivity contribution in [3.8, 4) is 11.8 Å². The van der Waals surface area contributed by atoms with Crippen LogP contribution >= 0.6 is 0 Å². The summed E-state index contributed by atoms with van der Waals surface area (Å²) in [6.45, 7) is 4.85. The first-order valence-corrected chi connectivity index (χ1v) is 14.3. The van der Waals surface area contributed by atoms with Crippen molar-refractivity contribution in [2.24, 2.45) is 0 Å². The summed E-state index contributed by atoms with van der Waals surface area (Å²) in [4.78, 5) is 18.0. The van der Waals surface area contributed by atoms with Crippen molar-refractivity contribution in [3.63, 3.8) is 0 Å². The number of carbonyl (C=O) groups excluding carboxylic acids is 1. The molecule has 0 atom stereocenters. The van der Waals surface area contributed by atoms with Crippen LogP contribution in [0.15, 0.2) is 42.6 Å². The number of nitriles is 1. The molecule has 2 fully saturated rings. The number of piperidine rings is 1. The van der Waals surface area contributed by atoms with Gasteiger partial charge in [0.25, 0.3) is 5.91 Å². The number of hydrogen-bond donors (Lipinski definition) is 1. The number of likely N-dealkylation sites (tertiary alicyclic amines) is 1. The molecule has 0 unspecified atom stereocenters. The molecule has 3 heterocycles. The van der Waals surface area contributed by atoms with Crippen molar-refractivity contribution in [3.05, 3.63) is 81.7 Å². The standard InChI is InChI=1S/C32H36FN5O/c1-22-18-28(24-4-3-5-24)30(38-21-25-10-14-36(2)15-11-29(25)35-38)19-27(22)31(39)37-16-12-32(33,13-17-37)26-8-6-23(20-34)7-9-26/h6-9,18-19,21,24H,3-5,10-17H2,1-2H3/p+1. The molecule has 6 rings (SSSR count). The lowest BCUT2D eigenvalue weighted by Crippen LogP contribution is -2.44. The number of alkyl halides is 1. The predicted octanol–water partition coefficient (Wildman–Crippen LogP) is 4.87. The van der Waals surface area contributed by atoms with E-state index in [1.54, 1.807) is 29.2 Å². The van der Waals surface area contributed by atoms with Crippen molar-refractivity contribution in [2.45, 2.75) is 63.5 Å². The largest absolute Gasteiger partial charge is 0.338 e. The van der Waals surface area contributed by atoms with E-state index in [1.807, 2.05) is 6.92 Å².